The van der Waals surface area contributed by atoms with E-state index in [4.69, 9.17) is 5.73 Å². The molecule has 3 nitrogen and oxygen atoms in total. The van der Waals surface area contributed by atoms with Gasteiger partial charge in [-0.05, 0) is 30.5 Å². The smallest absolute Gasteiger partial charge is 0.126 e. The van der Waals surface area contributed by atoms with Crippen molar-refractivity contribution in [1.82, 2.24) is 4.90 Å². The summed E-state index contributed by atoms with van der Waals surface area (Å²) in [6.07, 6.45) is 0.801. The van der Waals surface area contributed by atoms with E-state index < -0.39 is 10.8 Å². The third-order valence-electron chi connectivity index (χ3n) is 3.65. The van der Waals surface area contributed by atoms with Crippen LogP contribution >= 0.6 is 0 Å². The molecule has 0 bridgehead atoms. The van der Waals surface area contributed by atoms with Crippen LogP contribution in [0.5, 0.6) is 0 Å². The van der Waals surface area contributed by atoms with E-state index in [1.54, 1.807) is 13.0 Å². The van der Waals surface area contributed by atoms with Crippen molar-refractivity contribution < 1.29 is 8.60 Å². The number of nitrogens with zero attached hydrogens (tertiary/aromatic N) is 1. The van der Waals surface area contributed by atoms with Crippen LogP contribution in [0.25, 0.3) is 0 Å². The van der Waals surface area contributed by atoms with Crippen molar-refractivity contribution in [2.75, 3.05) is 31.1 Å². The predicted molar refractivity (Wildman–Crippen MR) is 77.0 cm³/mol. The van der Waals surface area contributed by atoms with Gasteiger partial charge in [0.05, 0.1) is 0 Å². The Morgan fingerprint density at radius 1 is 1.42 bits per heavy atom. The number of benzene rings is 1. The molecule has 5 heteroatoms. The molecule has 2 N–H and O–H groups in total. The Morgan fingerprint density at radius 3 is 2.74 bits per heavy atom. The highest BCUT2D eigenvalue weighted by molar-refractivity contribution is 7.85. The first kappa shape index (κ1) is 14.6. The van der Waals surface area contributed by atoms with Gasteiger partial charge < -0.3 is 10.6 Å². The molecule has 1 saturated heterocycles. The van der Waals surface area contributed by atoms with Crippen molar-refractivity contribution in [3.63, 3.8) is 0 Å². The minimum atomic E-state index is -0.639. The fourth-order valence-electron chi connectivity index (χ4n) is 2.23. The van der Waals surface area contributed by atoms with Crippen LogP contribution in [0.1, 0.15) is 23.6 Å². The van der Waals surface area contributed by atoms with Gasteiger partial charge in [0.15, 0.2) is 0 Å². The molecule has 1 aromatic rings. The molecule has 19 heavy (non-hydrogen) atoms. The summed E-state index contributed by atoms with van der Waals surface area (Å²) >= 11 is 0. The summed E-state index contributed by atoms with van der Waals surface area (Å²) in [6.45, 7) is 4.38. The Morgan fingerprint density at radius 2 is 2.11 bits per heavy atom. The molecule has 1 aromatic carbocycles. The van der Waals surface area contributed by atoms with Gasteiger partial charge in [0.25, 0.3) is 0 Å². The highest BCUT2D eigenvalue weighted by atomic mass is 32.2. The molecule has 1 aliphatic heterocycles. The van der Waals surface area contributed by atoms with Gasteiger partial charge in [-0.25, -0.2) is 4.39 Å². The van der Waals surface area contributed by atoms with E-state index in [9.17, 15) is 8.60 Å². The van der Waals surface area contributed by atoms with Crippen molar-refractivity contribution in [3.8, 4) is 0 Å². The Kier molecular flexibility index (Phi) is 5.07. The molecule has 0 spiro atoms. The second kappa shape index (κ2) is 6.59. The highest BCUT2D eigenvalue weighted by Gasteiger charge is 2.16. The van der Waals surface area contributed by atoms with Crippen LogP contribution in [-0.4, -0.2) is 40.2 Å². The van der Waals surface area contributed by atoms with Gasteiger partial charge in [0, 0.05) is 48.0 Å². The van der Waals surface area contributed by atoms with Crippen molar-refractivity contribution in [3.05, 3.63) is 35.1 Å². The van der Waals surface area contributed by atoms with Gasteiger partial charge in [-0.3, -0.25) is 4.21 Å². The van der Waals surface area contributed by atoms with Gasteiger partial charge in [-0.2, -0.15) is 0 Å². The maximum Gasteiger partial charge on any atom is 0.126 e. The van der Waals surface area contributed by atoms with E-state index >= 15 is 0 Å². The summed E-state index contributed by atoms with van der Waals surface area (Å²) < 4.78 is 24.7. The van der Waals surface area contributed by atoms with Crippen molar-refractivity contribution >= 4 is 10.8 Å². The SMILES string of the molecule is Cc1ccc(C(N)CCN2CCS(=O)CC2)cc1F. The lowest BCUT2D eigenvalue weighted by Crippen LogP contribution is -2.39. The number of hydrogen-bond donors (Lipinski definition) is 1. The third-order valence-corrected chi connectivity index (χ3v) is 4.93. The topological polar surface area (TPSA) is 46.3 Å². The Hall–Kier alpha value is -0.780. The quantitative estimate of drug-likeness (QED) is 0.913. The normalized spacial score (nSPS) is 19.5. The van der Waals surface area contributed by atoms with E-state index in [2.05, 4.69) is 4.90 Å². The molecular weight excluding hydrogens is 263 g/mol. The minimum absolute atomic E-state index is 0.137. The van der Waals surface area contributed by atoms with Crippen molar-refractivity contribution in [2.24, 2.45) is 5.73 Å². The van der Waals surface area contributed by atoms with Crippen LogP contribution < -0.4 is 5.73 Å². The number of hydrogen-bond acceptors (Lipinski definition) is 3. The second-order valence-corrected chi connectivity index (χ2v) is 6.79. The molecule has 0 aromatic heterocycles. The van der Waals surface area contributed by atoms with Crippen molar-refractivity contribution in [2.45, 2.75) is 19.4 Å². The van der Waals surface area contributed by atoms with E-state index in [0.717, 1.165) is 43.1 Å². The maximum absolute atomic E-state index is 13.5. The lowest BCUT2D eigenvalue weighted by atomic mass is 10.0. The average Bonchev–Trinajstić information content (AvgIpc) is 2.41. The average molecular weight is 284 g/mol. The zero-order valence-corrected chi connectivity index (χ0v) is 12.1. The monoisotopic (exact) mass is 284 g/mol. The molecule has 1 fully saturated rings. The standard InChI is InChI=1S/C14H21FN2OS/c1-11-2-3-12(10-13(11)15)14(16)4-5-17-6-8-19(18)9-7-17/h2-3,10,14H,4-9,16H2,1H3. The van der Waals surface area contributed by atoms with Crippen LogP contribution in [-0.2, 0) is 10.8 Å². The van der Waals surface area contributed by atoms with Crippen LogP contribution in [0.3, 0.4) is 0 Å². The molecule has 0 amide bonds. The summed E-state index contributed by atoms with van der Waals surface area (Å²) in [7, 11) is -0.639. The number of nitrogens with two attached hydrogens (primary N) is 1. The van der Waals surface area contributed by atoms with E-state index in [1.807, 2.05) is 6.07 Å². The second-order valence-electron chi connectivity index (χ2n) is 5.09. The first-order chi connectivity index (χ1) is 9.06. The highest BCUT2D eigenvalue weighted by Crippen LogP contribution is 2.18. The summed E-state index contributed by atoms with van der Waals surface area (Å²) in [4.78, 5) is 2.28. The zero-order chi connectivity index (χ0) is 13.8. The lowest BCUT2D eigenvalue weighted by molar-refractivity contribution is 0.287. The first-order valence-electron chi connectivity index (χ1n) is 6.65. The van der Waals surface area contributed by atoms with Crippen LogP contribution in [0.4, 0.5) is 4.39 Å². The molecule has 0 saturated carbocycles. The minimum Gasteiger partial charge on any atom is -0.324 e. The summed E-state index contributed by atoms with van der Waals surface area (Å²) in [6, 6.07) is 5.07. The largest absolute Gasteiger partial charge is 0.324 e. The van der Waals surface area contributed by atoms with Gasteiger partial charge in [0.1, 0.15) is 5.82 Å². The molecular formula is C14H21FN2OS. The molecule has 0 aliphatic carbocycles. The molecule has 2 rings (SSSR count). The molecule has 0 radical (unpaired) electrons. The van der Waals surface area contributed by atoms with Crippen LogP contribution in [0.2, 0.25) is 0 Å². The fourth-order valence-corrected chi connectivity index (χ4v) is 3.36. The van der Waals surface area contributed by atoms with E-state index in [-0.39, 0.29) is 11.9 Å². The van der Waals surface area contributed by atoms with Crippen LogP contribution in [0.15, 0.2) is 18.2 Å². The summed E-state index contributed by atoms with van der Waals surface area (Å²) in [5, 5.41) is 0. The Balaban J connectivity index is 1.85. The lowest BCUT2D eigenvalue weighted by Gasteiger charge is -2.27. The molecule has 1 unspecified atom stereocenters. The zero-order valence-electron chi connectivity index (χ0n) is 11.3. The molecule has 106 valence electrons. The molecule has 1 heterocycles. The van der Waals surface area contributed by atoms with Gasteiger partial charge in [-0.15, -0.1) is 0 Å². The summed E-state index contributed by atoms with van der Waals surface area (Å²) in [5.74, 6) is 1.32. The molecule has 1 aliphatic rings. The number of rotatable bonds is 4. The maximum atomic E-state index is 13.5. The number of aryl methyl sites for hydroxylation is 1. The Bertz CT molecular complexity index is 457. The predicted octanol–water partition coefficient (Wildman–Crippen LogP) is 1.59. The van der Waals surface area contributed by atoms with Crippen molar-refractivity contribution in [1.29, 1.82) is 0 Å². The molecule has 1 atom stereocenters. The van der Waals surface area contributed by atoms with Crippen LogP contribution in [0, 0.1) is 12.7 Å². The van der Waals surface area contributed by atoms with Gasteiger partial charge in [-0.1, -0.05) is 12.1 Å². The van der Waals surface area contributed by atoms with Gasteiger partial charge in [0.2, 0.25) is 0 Å². The third kappa shape index (κ3) is 4.09. The fraction of sp³-hybridized carbons (Fsp3) is 0.571. The van der Waals surface area contributed by atoms with E-state index in [0.29, 0.717) is 5.56 Å². The van der Waals surface area contributed by atoms with E-state index in [1.165, 1.54) is 6.07 Å². The summed E-state index contributed by atoms with van der Waals surface area (Å²) in [5.41, 5.74) is 7.60. The van der Waals surface area contributed by atoms with Gasteiger partial charge >= 0.3 is 0 Å². The Labute approximate surface area is 116 Å². The first-order valence-corrected chi connectivity index (χ1v) is 8.14. The number of halogens is 1.